The molecule has 0 spiro atoms. The molecule has 26 heavy (non-hydrogen) atoms. The summed E-state index contributed by atoms with van der Waals surface area (Å²) >= 11 is 0. The zero-order valence-electron chi connectivity index (χ0n) is 13.7. The lowest BCUT2D eigenvalue weighted by molar-refractivity contribution is -0.384. The van der Waals surface area contributed by atoms with Crippen LogP contribution in [0.2, 0.25) is 0 Å². The van der Waals surface area contributed by atoms with E-state index >= 15 is 0 Å². The van der Waals surface area contributed by atoms with Crippen molar-refractivity contribution >= 4 is 39.4 Å². The van der Waals surface area contributed by atoms with Gasteiger partial charge in [0, 0.05) is 28.5 Å². The molecule has 0 aliphatic rings. The van der Waals surface area contributed by atoms with Gasteiger partial charge in [-0.15, -0.1) is 0 Å². The smallest absolute Gasteiger partial charge is 0.261 e. The fourth-order valence-electron chi connectivity index (χ4n) is 2.88. The molecule has 0 bridgehead atoms. The van der Waals surface area contributed by atoms with E-state index in [1.807, 2.05) is 42.5 Å². The van der Waals surface area contributed by atoms with E-state index in [1.54, 1.807) is 18.3 Å². The number of fused-ring (bicyclic) bond motifs is 3. The van der Waals surface area contributed by atoms with E-state index in [-0.39, 0.29) is 5.69 Å². The number of hydrazone groups is 1. The lowest BCUT2D eigenvalue weighted by Crippen LogP contribution is -1.96. The quantitative estimate of drug-likeness (QED) is 0.251. The molecule has 0 fully saturated rings. The highest BCUT2D eigenvalue weighted by atomic mass is 16.6. The van der Waals surface area contributed by atoms with E-state index in [0.717, 1.165) is 21.7 Å². The zero-order chi connectivity index (χ0) is 17.9. The summed E-state index contributed by atoms with van der Waals surface area (Å²) in [5.74, 6) is 0.640. The first-order chi connectivity index (χ1) is 12.7. The summed E-state index contributed by atoms with van der Waals surface area (Å²) in [5, 5.41) is 18.2. The summed E-state index contributed by atoms with van der Waals surface area (Å²) in [6.45, 7) is 0. The number of nitro groups is 1. The summed E-state index contributed by atoms with van der Waals surface area (Å²) in [4.78, 5) is 15.1. The van der Waals surface area contributed by atoms with Crippen LogP contribution in [0.4, 0.5) is 11.5 Å². The van der Waals surface area contributed by atoms with Crippen LogP contribution in [-0.2, 0) is 0 Å². The van der Waals surface area contributed by atoms with Gasteiger partial charge in [-0.3, -0.25) is 15.5 Å². The van der Waals surface area contributed by atoms with Crippen molar-refractivity contribution in [1.29, 1.82) is 0 Å². The number of non-ortho nitro benzene ring substituents is 1. The van der Waals surface area contributed by atoms with Crippen LogP contribution in [0.3, 0.4) is 0 Å². The molecule has 1 aromatic heterocycles. The highest BCUT2D eigenvalue weighted by Gasteiger charge is 2.07. The average molecular weight is 342 g/mol. The van der Waals surface area contributed by atoms with Gasteiger partial charge in [0.15, 0.2) is 5.82 Å². The van der Waals surface area contributed by atoms with E-state index in [2.05, 4.69) is 21.6 Å². The fraction of sp³-hybridized carbons (Fsp3) is 0. The summed E-state index contributed by atoms with van der Waals surface area (Å²) in [7, 11) is 0. The molecule has 6 heteroatoms. The monoisotopic (exact) mass is 342 g/mol. The van der Waals surface area contributed by atoms with Crippen LogP contribution >= 0.6 is 0 Å². The summed E-state index contributed by atoms with van der Waals surface area (Å²) in [6, 6.07) is 22.2. The molecule has 0 unspecified atom stereocenters. The van der Waals surface area contributed by atoms with Crippen LogP contribution in [-0.4, -0.2) is 16.1 Å². The van der Waals surface area contributed by atoms with E-state index in [0.29, 0.717) is 11.4 Å². The molecule has 0 atom stereocenters. The molecule has 1 N–H and O–H groups in total. The lowest BCUT2D eigenvalue weighted by Gasteiger charge is -2.08. The van der Waals surface area contributed by atoms with Crippen LogP contribution < -0.4 is 5.43 Å². The Morgan fingerprint density at radius 1 is 0.923 bits per heavy atom. The van der Waals surface area contributed by atoms with Crippen molar-refractivity contribution in [2.24, 2.45) is 5.10 Å². The standard InChI is InChI=1S/C20H14N4O2/c25-24(26)15-7-5-6-14(12-15)13-21-23-20-18-10-2-1-8-16(18)17-9-3-4-11-19(17)22-20/h1-13H,(H,22,23)/b21-13+. The zero-order valence-corrected chi connectivity index (χ0v) is 13.7. The summed E-state index contributed by atoms with van der Waals surface area (Å²) < 4.78 is 0. The Morgan fingerprint density at radius 3 is 2.46 bits per heavy atom. The number of pyridine rings is 1. The number of benzene rings is 3. The SMILES string of the molecule is O=[N+]([O-])c1cccc(/C=N/Nc2nc3ccccc3c3ccccc23)c1. The number of rotatable bonds is 4. The lowest BCUT2D eigenvalue weighted by atomic mass is 10.1. The molecule has 6 nitrogen and oxygen atoms in total. The van der Waals surface area contributed by atoms with Gasteiger partial charge < -0.3 is 0 Å². The fourth-order valence-corrected chi connectivity index (χ4v) is 2.88. The van der Waals surface area contributed by atoms with Crippen LogP contribution in [0, 0.1) is 10.1 Å². The minimum Gasteiger partial charge on any atom is -0.261 e. The Hall–Kier alpha value is -3.80. The summed E-state index contributed by atoms with van der Waals surface area (Å²) in [5.41, 5.74) is 4.51. The molecule has 0 aliphatic heterocycles. The Bertz CT molecular complexity index is 1150. The van der Waals surface area contributed by atoms with Gasteiger partial charge in [-0.05, 0) is 11.5 Å². The Morgan fingerprint density at radius 2 is 1.65 bits per heavy atom. The molecule has 126 valence electrons. The molecule has 4 rings (SSSR count). The van der Waals surface area contributed by atoms with Gasteiger partial charge in [0.25, 0.3) is 5.69 Å². The van der Waals surface area contributed by atoms with Gasteiger partial charge >= 0.3 is 0 Å². The molecule has 0 aliphatic carbocycles. The van der Waals surface area contributed by atoms with Crippen molar-refractivity contribution in [2.75, 3.05) is 5.43 Å². The molecule has 3 aromatic carbocycles. The maximum absolute atomic E-state index is 10.9. The Balaban J connectivity index is 1.70. The highest BCUT2D eigenvalue weighted by Crippen LogP contribution is 2.28. The van der Waals surface area contributed by atoms with Crippen molar-refractivity contribution in [3.05, 3.63) is 88.5 Å². The number of nitrogens with zero attached hydrogens (tertiary/aromatic N) is 3. The number of hydrogen-bond donors (Lipinski definition) is 1. The van der Waals surface area contributed by atoms with Gasteiger partial charge in [0.2, 0.25) is 0 Å². The third-order valence-corrected chi connectivity index (χ3v) is 4.07. The van der Waals surface area contributed by atoms with E-state index < -0.39 is 4.92 Å². The third-order valence-electron chi connectivity index (χ3n) is 4.07. The maximum Gasteiger partial charge on any atom is 0.270 e. The van der Waals surface area contributed by atoms with E-state index in [9.17, 15) is 10.1 Å². The second-order valence-electron chi connectivity index (χ2n) is 5.75. The van der Waals surface area contributed by atoms with Crippen molar-refractivity contribution in [2.45, 2.75) is 0 Å². The minimum atomic E-state index is -0.427. The highest BCUT2D eigenvalue weighted by molar-refractivity contribution is 6.10. The molecule has 0 radical (unpaired) electrons. The molecular weight excluding hydrogens is 328 g/mol. The molecule has 0 saturated carbocycles. The molecule has 0 amide bonds. The maximum atomic E-state index is 10.9. The second kappa shape index (κ2) is 6.60. The number of hydrogen-bond acceptors (Lipinski definition) is 5. The van der Waals surface area contributed by atoms with Crippen molar-refractivity contribution < 1.29 is 4.92 Å². The molecule has 4 aromatic rings. The Kier molecular flexibility index (Phi) is 3.99. The van der Waals surface area contributed by atoms with Gasteiger partial charge in [0.05, 0.1) is 16.7 Å². The van der Waals surface area contributed by atoms with Gasteiger partial charge in [0.1, 0.15) is 0 Å². The van der Waals surface area contributed by atoms with Gasteiger partial charge in [-0.25, -0.2) is 4.98 Å². The molecule has 1 heterocycles. The first-order valence-electron chi connectivity index (χ1n) is 8.03. The summed E-state index contributed by atoms with van der Waals surface area (Å²) in [6.07, 6.45) is 1.54. The third kappa shape index (κ3) is 2.95. The van der Waals surface area contributed by atoms with E-state index in [1.165, 1.54) is 12.1 Å². The van der Waals surface area contributed by atoms with E-state index in [4.69, 9.17) is 0 Å². The molecule has 0 saturated heterocycles. The number of nitrogens with one attached hydrogen (secondary N) is 1. The first kappa shape index (κ1) is 15.7. The second-order valence-corrected chi connectivity index (χ2v) is 5.75. The molecular formula is C20H14N4O2. The van der Waals surface area contributed by atoms with Crippen LogP contribution in [0.15, 0.2) is 77.9 Å². The van der Waals surface area contributed by atoms with Crippen molar-refractivity contribution in [1.82, 2.24) is 4.98 Å². The normalized spacial score (nSPS) is 11.2. The Labute approximate surface area is 149 Å². The number of aromatic nitrogens is 1. The predicted octanol–water partition coefficient (Wildman–Crippen LogP) is 4.74. The number of anilines is 1. The van der Waals surface area contributed by atoms with Crippen LogP contribution in [0.25, 0.3) is 21.7 Å². The number of nitro benzene ring substituents is 1. The van der Waals surface area contributed by atoms with Crippen LogP contribution in [0.5, 0.6) is 0 Å². The minimum absolute atomic E-state index is 0.0308. The topological polar surface area (TPSA) is 80.4 Å². The average Bonchev–Trinajstić information content (AvgIpc) is 2.68. The van der Waals surface area contributed by atoms with Gasteiger partial charge in [-0.1, -0.05) is 54.6 Å². The first-order valence-corrected chi connectivity index (χ1v) is 8.03. The number of para-hydroxylation sites is 1. The predicted molar refractivity (Wildman–Crippen MR) is 104 cm³/mol. The van der Waals surface area contributed by atoms with Gasteiger partial charge in [-0.2, -0.15) is 5.10 Å². The van der Waals surface area contributed by atoms with Crippen LogP contribution in [0.1, 0.15) is 5.56 Å². The van der Waals surface area contributed by atoms with Crippen molar-refractivity contribution in [3.8, 4) is 0 Å². The largest absolute Gasteiger partial charge is 0.270 e. The van der Waals surface area contributed by atoms with Crippen molar-refractivity contribution in [3.63, 3.8) is 0 Å².